The molecule has 0 N–H and O–H groups in total. The Morgan fingerprint density at radius 2 is 1.88 bits per heavy atom. The first-order valence-electron chi connectivity index (χ1n) is 5.53. The highest BCUT2D eigenvalue weighted by atomic mass is 79.9. The van der Waals surface area contributed by atoms with Crippen LogP contribution in [0.4, 0.5) is 0 Å². The smallest absolute Gasteiger partial charge is 0.205 e. The van der Waals surface area contributed by atoms with Crippen molar-refractivity contribution in [2.45, 2.75) is 40.0 Å². The summed E-state index contributed by atoms with van der Waals surface area (Å²) in [5, 5.41) is 0. The Balaban J connectivity index is 3.01. The maximum atomic E-state index is 6.14. The van der Waals surface area contributed by atoms with Gasteiger partial charge >= 0.3 is 0 Å². The molecule has 0 aliphatic heterocycles. The molecule has 0 bridgehead atoms. The highest BCUT2D eigenvalue weighted by Crippen LogP contribution is 2.37. The van der Waals surface area contributed by atoms with Gasteiger partial charge in [-0.25, -0.2) is 0 Å². The lowest BCUT2D eigenvalue weighted by atomic mass is 9.85. The Morgan fingerprint density at radius 1 is 1.25 bits per heavy atom. The normalized spacial score (nSPS) is 14.2. The third kappa shape index (κ3) is 4.04. The Labute approximate surface area is 109 Å². The van der Waals surface area contributed by atoms with E-state index in [1.165, 1.54) is 5.56 Å². The summed E-state index contributed by atoms with van der Waals surface area (Å²) < 4.78 is 7.25. The highest BCUT2D eigenvalue weighted by Gasteiger charge is 2.28. The standard InChI is InChI=1S/C13H20BrOSi/c1-13(2,3)12(15-16(4)5)10-7-6-8-11(14)9-10/h6-9,12H,1-5H3. The number of rotatable bonds is 3. The van der Waals surface area contributed by atoms with Gasteiger partial charge in [0.15, 0.2) is 0 Å². The van der Waals surface area contributed by atoms with Crippen LogP contribution in [0, 0.1) is 5.41 Å². The molecule has 1 radical (unpaired) electrons. The molecule has 89 valence electrons. The summed E-state index contributed by atoms with van der Waals surface area (Å²) in [6, 6.07) is 8.42. The van der Waals surface area contributed by atoms with E-state index in [1.807, 2.05) is 6.07 Å². The van der Waals surface area contributed by atoms with E-state index < -0.39 is 9.04 Å². The zero-order valence-electron chi connectivity index (χ0n) is 10.7. The van der Waals surface area contributed by atoms with E-state index >= 15 is 0 Å². The lowest BCUT2D eigenvalue weighted by Crippen LogP contribution is -2.25. The van der Waals surface area contributed by atoms with Gasteiger partial charge in [-0.15, -0.1) is 0 Å². The van der Waals surface area contributed by atoms with Gasteiger partial charge in [0, 0.05) is 4.47 Å². The molecular weight excluding hydrogens is 280 g/mol. The second-order valence-electron chi connectivity index (χ2n) is 5.33. The average Bonchev–Trinajstić information content (AvgIpc) is 2.12. The van der Waals surface area contributed by atoms with Crippen molar-refractivity contribution in [2.75, 3.05) is 0 Å². The lowest BCUT2D eigenvalue weighted by Gasteiger charge is -2.32. The van der Waals surface area contributed by atoms with Crippen LogP contribution in [0.15, 0.2) is 28.7 Å². The van der Waals surface area contributed by atoms with Crippen molar-refractivity contribution in [3.05, 3.63) is 34.3 Å². The Kier molecular flexibility index (Phi) is 4.77. The van der Waals surface area contributed by atoms with Crippen LogP contribution in [0.5, 0.6) is 0 Å². The molecule has 1 unspecified atom stereocenters. The maximum Gasteiger partial charge on any atom is 0.205 e. The third-order valence-electron chi connectivity index (χ3n) is 2.29. The predicted octanol–water partition coefficient (Wildman–Crippen LogP) is 4.80. The first kappa shape index (κ1) is 13.9. The van der Waals surface area contributed by atoms with E-state index in [4.69, 9.17) is 4.43 Å². The molecule has 0 heterocycles. The van der Waals surface area contributed by atoms with Gasteiger partial charge in [0.1, 0.15) is 0 Å². The molecule has 16 heavy (non-hydrogen) atoms. The van der Waals surface area contributed by atoms with E-state index in [-0.39, 0.29) is 11.5 Å². The average molecular weight is 300 g/mol. The summed E-state index contributed by atoms with van der Waals surface area (Å²) in [5.41, 5.74) is 1.39. The topological polar surface area (TPSA) is 9.23 Å². The van der Waals surface area contributed by atoms with Crippen LogP contribution in [0.1, 0.15) is 32.4 Å². The summed E-state index contributed by atoms with van der Waals surface area (Å²) in [5.74, 6) is 0. The van der Waals surface area contributed by atoms with Gasteiger partial charge in [0.25, 0.3) is 0 Å². The molecule has 0 spiro atoms. The van der Waals surface area contributed by atoms with Gasteiger partial charge in [-0.3, -0.25) is 0 Å². The van der Waals surface area contributed by atoms with Crippen molar-refractivity contribution in [3.8, 4) is 0 Å². The van der Waals surface area contributed by atoms with Crippen molar-refractivity contribution < 1.29 is 4.43 Å². The zero-order valence-corrected chi connectivity index (χ0v) is 13.3. The van der Waals surface area contributed by atoms with E-state index in [9.17, 15) is 0 Å². The fraction of sp³-hybridized carbons (Fsp3) is 0.538. The minimum Gasteiger partial charge on any atom is -0.410 e. The van der Waals surface area contributed by atoms with Crippen molar-refractivity contribution in [3.63, 3.8) is 0 Å². The van der Waals surface area contributed by atoms with Crippen LogP contribution in [0.2, 0.25) is 13.1 Å². The molecule has 1 nitrogen and oxygen atoms in total. The number of hydrogen-bond acceptors (Lipinski definition) is 1. The lowest BCUT2D eigenvalue weighted by molar-refractivity contribution is 0.0865. The van der Waals surface area contributed by atoms with Crippen LogP contribution in [-0.2, 0) is 4.43 Å². The summed E-state index contributed by atoms with van der Waals surface area (Å²) in [6.45, 7) is 11.0. The van der Waals surface area contributed by atoms with Gasteiger partial charge in [-0.2, -0.15) is 0 Å². The van der Waals surface area contributed by atoms with Crippen LogP contribution in [-0.4, -0.2) is 9.04 Å². The van der Waals surface area contributed by atoms with Gasteiger partial charge in [-0.05, 0) is 36.2 Å². The highest BCUT2D eigenvalue weighted by molar-refractivity contribution is 9.10. The molecule has 3 heteroatoms. The Bertz CT molecular complexity index is 344. The van der Waals surface area contributed by atoms with E-state index in [1.54, 1.807) is 0 Å². The monoisotopic (exact) mass is 299 g/mol. The van der Waals surface area contributed by atoms with Crippen LogP contribution < -0.4 is 0 Å². The first-order valence-corrected chi connectivity index (χ1v) is 8.73. The molecule has 0 amide bonds. The SMILES string of the molecule is C[Si](C)OC(c1cccc(Br)c1)C(C)(C)C. The molecule has 0 aromatic heterocycles. The van der Waals surface area contributed by atoms with Crippen LogP contribution >= 0.6 is 15.9 Å². The van der Waals surface area contributed by atoms with E-state index in [0.29, 0.717) is 0 Å². The Hall–Kier alpha value is -0.123. The zero-order chi connectivity index (χ0) is 12.3. The van der Waals surface area contributed by atoms with Gasteiger partial charge < -0.3 is 4.43 Å². The first-order chi connectivity index (χ1) is 7.30. The fourth-order valence-electron chi connectivity index (χ4n) is 1.65. The minimum absolute atomic E-state index is 0.128. The molecule has 1 aromatic rings. The number of halogens is 1. The molecule has 0 aliphatic carbocycles. The molecule has 1 atom stereocenters. The molecule has 1 aromatic carbocycles. The van der Waals surface area contributed by atoms with Crippen LogP contribution in [0.25, 0.3) is 0 Å². The van der Waals surface area contributed by atoms with Crippen molar-refractivity contribution in [1.29, 1.82) is 0 Å². The largest absolute Gasteiger partial charge is 0.410 e. The molecule has 1 rings (SSSR count). The minimum atomic E-state index is -0.691. The quantitative estimate of drug-likeness (QED) is 0.728. The summed E-state index contributed by atoms with van der Waals surface area (Å²) in [7, 11) is -0.691. The van der Waals surface area contributed by atoms with Gasteiger partial charge in [-0.1, -0.05) is 48.8 Å². The number of hydrogen-bond donors (Lipinski definition) is 0. The summed E-state index contributed by atoms with van der Waals surface area (Å²) in [6.07, 6.45) is 0.175. The van der Waals surface area contributed by atoms with Gasteiger partial charge in [0.05, 0.1) is 6.10 Å². The van der Waals surface area contributed by atoms with Crippen molar-refractivity contribution >= 4 is 25.0 Å². The molecule has 0 aliphatic rings. The summed E-state index contributed by atoms with van der Waals surface area (Å²) in [4.78, 5) is 0. The van der Waals surface area contributed by atoms with Crippen LogP contribution in [0.3, 0.4) is 0 Å². The van der Waals surface area contributed by atoms with E-state index in [2.05, 4.69) is 68.0 Å². The molecule has 0 saturated heterocycles. The fourth-order valence-corrected chi connectivity index (χ4v) is 3.03. The molecular formula is C13H20BrOSi. The molecule has 0 fully saturated rings. The van der Waals surface area contributed by atoms with E-state index in [0.717, 1.165) is 4.47 Å². The Morgan fingerprint density at radius 3 is 2.31 bits per heavy atom. The van der Waals surface area contributed by atoms with Crippen molar-refractivity contribution in [2.24, 2.45) is 5.41 Å². The second kappa shape index (κ2) is 5.47. The third-order valence-corrected chi connectivity index (χ3v) is 3.49. The summed E-state index contributed by atoms with van der Waals surface area (Å²) >= 11 is 3.52. The number of benzene rings is 1. The second-order valence-corrected chi connectivity index (χ2v) is 8.30. The van der Waals surface area contributed by atoms with Gasteiger partial charge in [0.2, 0.25) is 9.04 Å². The molecule has 0 saturated carbocycles. The maximum absolute atomic E-state index is 6.14. The predicted molar refractivity (Wildman–Crippen MR) is 74.9 cm³/mol. The van der Waals surface area contributed by atoms with Crippen molar-refractivity contribution in [1.82, 2.24) is 0 Å².